The highest BCUT2D eigenvalue weighted by atomic mass is 32.2. The van der Waals surface area contributed by atoms with Crippen LogP contribution < -0.4 is 4.72 Å². The van der Waals surface area contributed by atoms with Gasteiger partial charge in [0, 0.05) is 31.3 Å². The standard InChI is InChI=1S/C14H15N3O3S/c1-17-9-8-14(15-17)16-21(19,20)13-7-4-6-12(11-13)5-2-3-10-18/h4,6-9,11,18H,3,10H2,1H3,(H,15,16). The molecule has 1 aromatic carbocycles. The fraction of sp³-hybridized carbons (Fsp3) is 0.214. The lowest BCUT2D eigenvalue weighted by Gasteiger charge is -2.05. The van der Waals surface area contributed by atoms with Gasteiger partial charge in [0.05, 0.1) is 11.5 Å². The molecule has 0 atom stereocenters. The van der Waals surface area contributed by atoms with Crippen LogP contribution in [0.3, 0.4) is 0 Å². The zero-order valence-electron chi connectivity index (χ0n) is 11.4. The van der Waals surface area contributed by atoms with Crippen LogP contribution in [0.4, 0.5) is 5.82 Å². The molecule has 0 aliphatic heterocycles. The summed E-state index contributed by atoms with van der Waals surface area (Å²) in [5, 5.41) is 12.7. The highest BCUT2D eigenvalue weighted by Crippen LogP contribution is 2.15. The summed E-state index contributed by atoms with van der Waals surface area (Å²) < 4.78 is 28.4. The summed E-state index contributed by atoms with van der Waals surface area (Å²) in [5.41, 5.74) is 0.576. The normalized spacial score (nSPS) is 10.8. The van der Waals surface area contributed by atoms with Crippen LogP contribution in [0.15, 0.2) is 41.4 Å². The Morgan fingerprint density at radius 3 is 2.86 bits per heavy atom. The van der Waals surface area contributed by atoms with Crippen molar-refractivity contribution in [2.24, 2.45) is 7.05 Å². The smallest absolute Gasteiger partial charge is 0.263 e. The van der Waals surface area contributed by atoms with Gasteiger partial charge in [-0.15, -0.1) is 0 Å². The quantitative estimate of drug-likeness (QED) is 0.824. The fourth-order valence-electron chi connectivity index (χ4n) is 1.63. The highest BCUT2D eigenvalue weighted by molar-refractivity contribution is 7.92. The zero-order chi connectivity index (χ0) is 15.3. The van der Waals surface area contributed by atoms with Crippen molar-refractivity contribution in [3.05, 3.63) is 42.1 Å². The first-order valence-corrected chi connectivity index (χ1v) is 7.72. The van der Waals surface area contributed by atoms with E-state index in [2.05, 4.69) is 21.7 Å². The predicted octanol–water partition coefficient (Wildman–Crippen LogP) is 0.955. The maximum Gasteiger partial charge on any atom is 0.263 e. The molecule has 2 N–H and O–H groups in total. The van der Waals surface area contributed by atoms with Gasteiger partial charge in [-0.25, -0.2) is 8.42 Å². The third-order valence-corrected chi connectivity index (χ3v) is 3.92. The van der Waals surface area contributed by atoms with E-state index in [4.69, 9.17) is 5.11 Å². The molecule has 0 unspecified atom stereocenters. The van der Waals surface area contributed by atoms with Crippen molar-refractivity contribution in [1.29, 1.82) is 0 Å². The first kappa shape index (κ1) is 15.1. The molecule has 1 heterocycles. The SMILES string of the molecule is Cn1ccc(NS(=O)(=O)c2cccc(C#CCCO)c2)n1. The van der Waals surface area contributed by atoms with Gasteiger partial charge < -0.3 is 5.11 Å². The summed E-state index contributed by atoms with van der Waals surface area (Å²) >= 11 is 0. The van der Waals surface area contributed by atoms with Crippen LogP contribution in [-0.2, 0) is 17.1 Å². The molecule has 1 aromatic heterocycles. The van der Waals surface area contributed by atoms with Crippen LogP contribution in [0, 0.1) is 11.8 Å². The molecular formula is C14H15N3O3S. The van der Waals surface area contributed by atoms with E-state index in [9.17, 15) is 8.42 Å². The minimum absolute atomic E-state index is 0.0216. The lowest BCUT2D eigenvalue weighted by Crippen LogP contribution is -2.13. The van der Waals surface area contributed by atoms with Crippen LogP contribution in [0.2, 0.25) is 0 Å². The van der Waals surface area contributed by atoms with E-state index in [1.807, 2.05) is 0 Å². The van der Waals surface area contributed by atoms with Crippen molar-refractivity contribution in [2.75, 3.05) is 11.3 Å². The van der Waals surface area contributed by atoms with Crippen LogP contribution in [0.1, 0.15) is 12.0 Å². The molecule has 0 saturated carbocycles. The van der Waals surface area contributed by atoms with Gasteiger partial charge in [-0.3, -0.25) is 9.40 Å². The van der Waals surface area contributed by atoms with E-state index in [-0.39, 0.29) is 17.3 Å². The number of hydrogen-bond acceptors (Lipinski definition) is 4. The van der Waals surface area contributed by atoms with Crippen molar-refractivity contribution in [3.63, 3.8) is 0 Å². The van der Waals surface area contributed by atoms with Crippen molar-refractivity contribution in [1.82, 2.24) is 9.78 Å². The third-order valence-electron chi connectivity index (χ3n) is 2.57. The lowest BCUT2D eigenvalue weighted by atomic mass is 10.2. The average Bonchev–Trinajstić information content (AvgIpc) is 2.84. The first-order valence-electron chi connectivity index (χ1n) is 6.23. The molecule has 0 saturated heterocycles. The summed E-state index contributed by atoms with van der Waals surface area (Å²) in [6.07, 6.45) is 2.00. The lowest BCUT2D eigenvalue weighted by molar-refractivity contribution is 0.305. The molecule has 2 aromatic rings. The monoisotopic (exact) mass is 305 g/mol. The van der Waals surface area contributed by atoms with Crippen LogP contribution >= 0.6 is 0 Å². The van der Waals surface area contributed by atoms with E-state index < -0.39 is 10.0 Å². The number of anilines is 1. The van der Waals surface area contributed by atoms with Crippen LogP contribution in [0.5, 0.6) is 0 Å². The summed E-state index contributed by atoms with van der Waals surface area (Å²) in [4.78, 5) is 0.115. The number of benzene rings is 1. The maximum absolute atomic E-state index is 12.2. The number of sulfonamides is 1. The Balaban J connectivity index is 2.24. The molecule has 0 aliphatic carbocycles. The second-order valence-corrected chi connectivity index (χ2v) is 5.97. The third kappa shape index (κ3) is 4.08. The fourth-order valence-corrected chi connectivity index (χ4v) is 2.67. The van der Waals surface area contributed by atoms with E-state index in [1.165, 1.54) is 16.8 Å². The summed E-state index contributed by atoms with van der Waals surface area (Å²) in [5.74, 6) is 5.81. The van der Waals surface area contributed by atoms with Crippen molar-refractivity contribution < 1.29 is 13.5 Å². The van der Waals surface area contributed by atoms with Gasteiger partial charge in [-0.05, 0) is 18.2 Å². The number of nitrogens with zero attached hydrogens (tertiary/aromatic N) is 2. The largest absolute Gasteiger partial charge is 0.395 e. The molecule has 110 valence electrons. The Hall–Kier alpha value is -2.30. The van der Waals surface area contributed by atoms with Gasteiger partial charge in [0.25, 0.3) is 10.0 Å². The van der Waals surface area contributed by atoms with E-state index in [1.54, 1.807) is 31.4 Å². The number of aryl methyl sites for hydroxylation is 1. The minimum Gasteiger partial charge on any atom is -0.395 e. The molecule has 0 amide bonds. The number of hydrogen-bond donors (Lipinski definition) is 2. The molecular weight excluding hydrogens is 290 g/mol. The first-order chi connectivity index (χ1) is 10.0. The predicted molar refractivity (Wildman–Crippen MR) is 79.0 cm³/mol. The van der Waals surface area contributed by atoms with Crippen molar-refractivity contribution in [3.8, 4) is 11.8 Å². The number of nitrogens with one attached hydrogen (secondary N) is 1. The molecule has 2 rings (SSSR count). The van der Waals surface area contributed by atoms with Gasteiger partial charge >= 0.3 is 0 Å². The maximum atomic E-state index is 12.2. The molecule has 0 spiro atoms. The summed E-state index contributed by atoms with van der Waals surface area (Å²) in [7, 11) is -1.99. The number of aliphatic hydroxyl groups is 1. The number of rotatable bonds is 4. The molecule has 0 aliphatic rings. The molecule has 7 heteroatoms. The van der Waals surface area contributed by atoms with Crippen molar-refractivity contribution in [2.45, 2.75) is 11.3 Å². The molecule has 21 heavy (non-hydrogen) atoms. The number of aromatic nitrogens is 2. The van der Waals surface area contributed by atoms with E-state index in [0.29, 0.717) is 12.0 Å². The zero-order valence-corrected chi connectivity index (χ0v) is 12.3. The molecule has 0 fully saturated rings. The highest BCUT2D eigenvalue weighted by Gasteiger charge is 2.15. The Morgan fingerprint density at radius 1 is 1.38 bits per heavy atom. The van der Waals surface area contributed by atoms with Crippen LogP contribution in [0.25, 0.3) is 0 Å². The van der Waals surface area contributed by atoms with Gasteiger partial charge in [-0.2, -0.15) is 5.10 Å². The Bertz CT molecular complexity index is 785. The van der Waals surface area contributed by atoms with Gasteiger partial charge in [0.1, 0.15) is 0 Å². The Labute approximate surface area is 123 Å². The second-order valence-electron chi connectivity index (χ2n) is 4.28. The topological polar surface area (TPSA) is 84.2 Å². The molecule has 6 nitrogen and oxygen atoms in total. The van der Waals surface area contributed by atoms with Gasteiger partial charge in [-0.1, -0.05) is 17.9 Å². The van der Waals surface area contributed by atoms with Gasteiger partial charge in [0.15, 0.2) is 5.82 Å². The van der Waals surface area contributed by atoms with Crippen LogP contribution in [-0.4, -0.2) is 29.9 Å². The van der Waals surface area contributed by atoms with Crippen molar-refractivity contribution >= 4 is 15.8 Å². The molecule has 0 bridgehead atoms. The summed E-state index contributed by atoms with van der Waals surface area (Å²) in [6, 6.07) is 7.88. The van der Waals surface area contributed by atoms with E-state index in [0.717, 1.165) is 0 Å². The van der Waals surface area contributed by atoms with E-state index >= 15 is 0 Å². The Kier molecular flexibility index (Phi) is 4.62. The minimum atomic E-state index is -3.70. The Morgan fingerprint density at radius 2 is 2.19 bits per heavy atom. The molecule has 0 radical (unpaired) electrons. The van der Waals surface area contributed by atoms with Gasteiger partial charge in [0.2, 0.25) is 0 Å². The average molecular weight is 305 g/mol. The summed E-state index contributed by atoms with van der Waals surface area (Å²) in [6.45, 7) is -0.0216. The number of aliphatic hydroxyl groups excluding tert-OH is 1. The second kappa shape index (κ2) is 6.43.